The lowest BCUT2D eigenvalue weighted by molar-refractivity contribution is -0.115. The molecule has 0 unspecified atom stereocenters. The molecule has 0 aliphatic carbocycles. The minimum atomic E-state index is -0.0113. The third-order valence-corrected chi connectivity index (χ3v) is 6.18. The first-order valence-electron chi connectivity index (χ1n) is 8.37. The number of benzene rings is 1. The van der Waals surface area contributed by atoms with Crippen LogP contribution in [0.3, 0.4) is 0 Å². The van der Waals surface area contributed by atoms with Crippen LogP contribution in [0.2, 0.25) is 0 Å². The molecule has 3 aromatic heterocycles. The molecule has 3 heterocycles. The molecule has 0 atom stereocenters. The summed E-state index contributed by atoms with van der Waals surface area (Å²) in [6.45, 7) is 4.01. The quantitative estimate of drug-likeness (QED) is 0.514. The van der Waals surface area contributed by atoms with Crippen molar-refractivity contribution in [1.29, 1.82) is 0 Å². The Morgan fingerprint density at radius 1 is 1.22 bits per heavy atom. The standard InChI is InChI=1S/C19H17N5OS2/c1-12-13(2)22-19-20-11-21-24(19)18(12)27-15-7-5-14(6-8-15)23-17(25)10-16-4-3-9-26-16/h3-9,11H,10H2,1-2H3,(H,23,25). The summed E-state index contributed by atoms with van der Waals surface area (Å²) in [5, 5.41) is 10.2. The first-order valence-corrected chi connectivity index (χ1v) is 10.1. The first-order chi connectivity index (χ1) is 13.1. The van der Waals surface area contributed by atoms with Crippen LogP contribution in [0.4, 0.5) is 5.69 Å². The van der Waals surface area contributed by atoms with Crippen molar-refractivity contribution in [3.63, 3.8) is 0 Å². The third-order valence-electron chi connectivity index (χ3n) is 4.12. The van der Waals surface area contributed by atoms with Crippen molar-refractivity contribution in [3.8, 4) is 0 Å². The lowest BCUT2D eigenvalue weighted by Gasteiger charge is -2.10. The summed E-state index contributed by atoms with van der Waals surface area (Å²) in [6.07, 6.45) is 1.91. The summed E-state index contributed by atoms with van der Waals surface area (Å²) in [6, 6.07) is 11.7. The zero-order chi connectivity index (χ0) is 18.8. The molecule has 4 aromatic rings. The number of rotatable bonds is 5. The van der Waals surface area contributed by atoms with E-state index in [1.165, 1.54) is 6.33 Å². The van der Waals surface area contributed by atoms with E-state index in [1.54, 1.807) is 27.6 Å². The second-order valence-electron chi connectivity index (χ2n) is 6.03. The number of anilines is 1. The summed E-state index contributed by atoms with van der Waals surface area (Å²) in [5.41, 5.74) is 2.80. The topological polar surface area (TPSA) is 72.2 Å². The van der Waals surface area contributed by atoms with Crippen molar-refractivity contribution in [2.75, 3.05) is 5.32 Å². The van der Waals surface area contributed by atoms with Crippen molar-refractivity contribution < 1.29 is 4.79 Å². The summed E-state index contributed by atoms with van der Waals surface area (Å²) in [4.78, 5) is 22.9. The Balaban J connectivity index is 1.49. The van der Waals surface area contributed by atoms with Crippen molar-refractivity contribution in [3.05, 3.63) is 64.2 Å². The molecule has 1 aromatic carbocycles. The van der Waals surface area contributed by atoms with Crippen molar-refractivity contribution in [1.82, 2.24) is 19.6 Å². The van der Waals surface area contributed by atoms with E-state index in [0.29, 0.717) is 12.2 Å². The molecule has 1 amide bonds. The third kappa shape index (κ3) is 3.86. The maximum absolute atomic E-state index is 12.1. The number of thiophene rings is 1. The fraction of sp³-hybridized carbons (Fsp3) is 0.158. The number of nitrogens with zero attached hydrogens (tertiary/aromatic N) is 4. The molecule has 0 saturated heterocycles. The molecule has 0 aliphatic heterocycles. The van der Waals surface area contributed by atoms with E-state index < -0.39 is 0 Å². The Morgan fingerprint density at radius 3 is 2.78 bits per heavy atom. The maximum Gasteiger partial charge on any atom is 0.253 e. The minimum Gasteiger partial charge on any atom is -0.326 e. The van der Waals surface area contributed by atoms with Crippen molar-refractivity contribution in [2.24, 2.45) is 0 Å². The van der Waals surface area contributed by atoms with Crippen molar-refractivity contribution >= 4 is 40.5 Å². The van der Waals surface area contributed by atoms with Crippen LogP contribution >= 0.6 is 23.1 Å². The Kier molecular flexibility index (Phi) is 4.91. The molecule has 0 spiro atoms. The van der Waals surface area contributed by atoms with E-state index in [4.69, 9.17) is 0 Å². The van der Waals surface area contributed by atoms with E-state index in [-0.39, 0.29) is 5.91 Å². The number of aryl methyl sites for hydroxylation is 1. The predicted octanol–water partition coefficient (Wildman–Crippen LogP) is 4.14. The highest BCUT2D eigenvalue weighted by molar-refractivity contribution is 7.99. The van der Waals surface area contributed by atoms with Gasteiger partial charge in [-0.2, -0.15) is 14.6 Å². The van der Waals surface area contributed by atoms with Gasteiger partial charge in [-0.15, -0.1) is 11.3 Å². The smallest absolute Gasteiger partial charge is 0.253 e. The fourth-order valence-electron chi connectivity index (χ4n) is 2.62. The van der Waals surface area contributed by atoms with Gasteiger partial charge in [0, 0.05) is 26.7 Å². The van der Waals surface area contributed by atoms with E-state index in [9.17, 15) is 4.79 Å². The molecule has 136 valence electrons. The highest BCUT2D eigenvalue weighted by Crippen LogP contribution is 2.31. The normalized spacial score (nSPS) is 11.0. The second-order valence-corrected chi connectivity index (χ2v) is 8.12. The number of aromatic nitrogens is 4. The zero-order valence-electron chi connectivity index (χ0n) is 14.8. The van der Waals surface area contributed by atoms with Gasteiger partial charge in [0.25, 0.3) is 5.78 Å². The Bertz CT molecular complexity index is 1090. The molecule has 4 rings (SSSR count). The van der Waals surface area contributed by atoms with Crippen LogP contribution in [-0.2, 0) is 11.2 Å². The molecule has 0 saturated carbocycles. The van der Waals surface area contributed by atoms with Crippen LogP contribution in [0.5, 0.6) is 0 Å². The first kappa shape index (κ1) is 17.7. The van der Waals surface area contributed by atoms with Gasteiger partial charge in [-0.3, -0.25) is 4.79 Å². The van der Waals surface area contributed by atoms with E-state index in [0.717, 1.165) is 31.7 Å². The van der Waals surface area contributed by atoms with Gasteiger partial charge in [-0.05, 0) is 49.6 Å². The van der Waals surface area contributed by atoms with Gasteiger partial charge in [-0.25, -0.2) is 4.98 Å². The average molecular weight is 396 g/mol. The molecule has 0 bridgehead atoms. The number of fused-ring (bicyclic) bond motifs is 1. The van der Waals surface area contributed by atoms with Gasteiger partial charge in [0.2, 0.25) is 5.91 Å². The largest absolute Gasteiger partial charge is 0.326 e. The van der Waals surface area contributed by atoms with Crippen LogP contribution in [0.1, 0.15) is 16.1 Å². The minimum absolute atomic E-state index is 0.0113. The number of carbonyl (C=O) groups excluding carboxylic acids is 1. The Morgan fingerprint density at radius 2 is 2.04 bits per heavy atom. The van der Waals surface area contributed by atoms with Crippen LogP contribution in [0, 0.1) is 13.8 Å². The van der Waals surface area contributed by atoms with Gasteiger partial charge >= 0.3 is 0 Å². The molecule has 0 radical (unpaired) electrons. The molecule has 27 heavy (non-hydrogen) atoms. The molecule has 8 heteroatoms. The van der Waals surface area contributed by atoms with Gasteiger partial charge in [-0.1, -0.05) is 17.8 Å². The highest BCUT2D eigenvalue weighted by atomic mass is 32.2. The molecule has 0 aliphatic rings. The number of hydrogen-bond acceptors (Lipinski definition) is 6. The zero-order valence-corrected chi connectivity index (χ0v) is 16.5. The Hall–Kier alpha value is -2.71. The van der Waals surface area contributed by atoms with Crippen molar-refractivity contribution in [2.45, 2.75) is 30.2 Å². The SMILES string of the molecule is Cc1nc2ncnn2c(Sc2ccc(NC(=O)Cc3cccs3)cc2)c1C. The lowest BCUT2D eigenvalue weighted by Crippen LogP contribution is -2.13. The molecular weight excluding hydrogens is 378 g/mol. The lowest BCUT2D eigenvalue weighted by atomic mass is 10.3. The van der Waals surface area contributed by atoms with Crippen LogP contribution < -0.4 is 5.32 Å². The monoisotopic (exact) mass is 395 g/mol. The fourth-order valence-corrected chi connectivity index (χ4v) is 4.33. The summed E-state index contributed by atoms with van der Waals surface area (Å²) in [7, 11) is 0. The molecule has 0 fully saturated rings. The van der Waals surface area contributed by atoms with Crippen LogP contribution in [0.15, 0.2) is 58.0 Å². The van der Waals surface area contributed by atoms with Gasteiger partial charge in [0.1, 0.15) is 11.4 Å². The van der Waals surface area contributed by atoms with E-state index >= 15 is 0 Å². The predicted molar refractivity (Wildman–Crippen MR) is 107 cm³/mol. The molecular formula is C19H17N5OS2. The second kappa shape index (κ2) is 7.50. The maximum atomic E-state index is 12.1. The summed E-state index contributed by atoms with van der Waals surface area (Å²) < 4.78 is 1.75. The summed E-state index contributed by atoms with van der Waals surface area (Å²) in [5.74, 6) is 0.584. The highest BCUT2D eigenvalue weighted by Gasteiger charge is 2.13. The van der Waals surface area contributed by atoms with E-state index in [1.807, 2.05) is 55.6 Å². The van der Waals surface area contributed by atoms with Gasteiger partial charge in [0.15, 0.2) is 0 Å². The average Bonchev–Trinajstić information content (AvgIpc) is 3.32. The van der Waals surface area contributed by atoms with Crippen LogP contribution in [0.25, 0.3) is 5.78 Å². The van der Waals surface area contributed by atoms with Gasteiger partial charge < -0.3 is 5.32 Å². The molecule has 1 N–H and O–H groups in total. The molecule has 6 nitrogen and oxygen atoms in total. The number of nitrogens with one attached hydrogen (secondary N) is 1. The van der Waals surface area contributed by atoms with E-state index in [2.05, 4.69) is 20.4 Å². The summed E-state index contributed by atoms with van der Waals surface area (Å²) >= 11 is 3.19. The Labute approximate surface area is 164 Å². The van der Waals surface area contributed by atoms with Gasteiger partial charge in [0.05, 0.1) is 6.42 Å². The van der Waals surface area contributed by atoms with Crippen LogP contribution in [-0.4, -0.2) is 25.5 Å². The number of amides is 1. The number of carbonyl (C=O) groups is 1. The number of hydrogen-bond donors (Lipinski definition) is 1.